The van der Waals surface area contributed by atoms with Crippen molar-refractivity contribution in [2.24, 2.45) is 5.92 Å². The molecule has 6 nitrogen and oxygen atoms in total. The second-order valence-electron chi connectivity index (χ2n) is 6.59. The van der Waals surface area contributed by atoms with Gasteiger partial charge in [0.05, 0.1) is 5.75 Å². The number of nitrogens with zero attached hydrogens (tertiary/aromatic N) is 1. The standard InChI is InChI=1S/C17H20FN3O3S/c1-11-6-8-17(9-7-11)15(23)21(16(24)19-17)20-14(22)10-25-13-5-3-2-4-12(13)18/h2-5,11H,6-10H2,1H3,(H,19,24)(H,20,22). The minimum atomic E-state index is -0.893. The largest absolute Gasteiger partial charge is 0.344 e. The number of carbonyl (C=O) groups is 3. The van der Waals surface area contributed by atoms with Crippen molar-refractivity contribution in [1.82, 2.24) is 15.8 Å². The summed E-state index contributed by atoms with van der Waals surface area (Å²) in [6, 6.07) is 5.51. The molecule has 1 aromatic rings. The van der Waals surface area contributed by atoms with E-state index < -0.39 is 29.2 Å². The fourth-order valence-electron chi connectivity index (χ4n) is 3.18. The molecule has 4 amide bonds. The van der Waals surface area contributed by atoms with Gasteiger partial charge >= 0.3 is 6.03 Å². The Balaban J connectivity index is 1.59. The summed E-state index contributed by atoms with van der Waals surface area (Å²) in [5, 5.41) is 3.50. The van der Waals surface area contributed by atoms with Gasteiger partial charge in [-0.15, -0.1) is 11.8 Å². The van der Waals surface area contributed by atoms with E-state index in [4.69, 9.17) is 0 Å². The molecule has 2 aliphatic rings. The molecule has 0 unspecified atom stereocenters. The molecule has 0 bridgehead atoms. The molecule has 0 atom stereocenters. The van der Waals surface area contributed by atoms with Crippen molar-refractivity contribution in [1.29, 1.82) is 0 Å². The third kappa shape index (κ3) is 3.63. The number of hydrogen-bond acceptors (Lipinski definition) is 4. The second-order valence-corrected chi connectivity index (χ2v) is 7.61. The van der Waals surface area contributed by atoms with E-state index in [1.54, 1.807) is 18.2 Å². The molecule has 1 aliphatic carbocycles. The first-order chi connectivity index (χ1) is 11.9. The Labute approximate surface area is 149 Å². The highest BCUT2D eigenvalue weighted by atomic mass is 32.2. The topological polar surface area (TPSA) is 78.5 Å². The van der Waals surface area contributed by atoms with Gasteiger partial charge in [-0.1, -0.05) is 19.1 Å². The van der Waals surface area contributed by atoms with E-state index in [0.29, 0.717) is 23.7 Å². The number of carbonyl (C=O) groups excluding carboxylic acids is 3. The summed E-state index contributed by atoms with van der Waals surface area (Å²) in [7, 11) is 0. The smallest absolute Gasteiger partial charge is 0.322 e. The Bertz CT molecular complexity index is 704. The highest BCUT2D eigenvalue weighted by Crippen LogP contribution is 2.35. The SMILES string of the molecule is CC1CCC2(CC1)NC(=O)N(NC(=O)CSc1ccccc1F)C2=O. The Morgan fingerprint density at radius 3 is 2.72 bits per heavy atom. The number of nitrogens with one attached hydrogen (secondary N) is 2. The zero-order valence-electron chi connectivity index (χ0n) is 13.9. The highest BCUT2D eigenvalue weighted by molar-refractivity contribution is 8.00. The molecule has 8 heteroatoms. The van der Waals surface area contributed by atoms with Crippen molar-refractivity contribution in [2.75, 3.05) is 5.75 Å². The van der Waals surface area contributed by atoms with Crippen molar-refractivity contribution in [3.8, 4) is 0 Å². The number of halogens is 1. The Hall–Kier alpha value is -2.09. The molecular weight excluding hydrogens is 345 g/mol. The molecule has 25 heavy (non-hydrogen) atoms. The number of benzene rings is 1. The molecule has 0 aromatic heterocycles. The molecule has 1 aliphatic heterocycles. The molecule has 1 saturated carbocycles. The van der Waals surface area contributed by atoms with Crippen LogP contribution >= 0.6 is 11.8 Å². The molecule has 1 aromatic carbocycles. The van der Waals surface area contributed by atoms with Crippen molar-refractivity contribution in [3.63, 3.8) is 0 Å². The van der Waals surface area contributed by atoms with E-state index in [1.165, 1.54) is 6.07 Å². The predicted octanol–water partition coefficient (Wildman–Crippen LogP) is 2.45. The first kappa shape index (κ1) is 17.7. The van der Waals surface area contributed by atoms with Crippen LogP contribution in [0.25, 0.3) is 0 Å². The molecule has 0 radical (unpaired) electrons. The quantitative estimate of drug-likeness (QED) is 0.635. The molecule has 2 N–H and O–H groups in total. The zero-order valence-corrected chi connectivity index (χ0v) is 14.7. The van der Waals surface area contributed by atoms with Gasteiger partial charge in [0.15, 0.2) is 0 Å². The van der Waals surface area contributed by atoms with Crippen LogP contribution in [0.1, 0.15) is 32.6 Å². The van der Waals surface area contributed by atoms with Crippen LogP contribution in [0.2, 0.25) is 0 Å². The first-order valence-corrected chi connectivity index (χ1v) is 9.23. The fraction of sp³-hybridized carbons (Fsp3) is 0.471. The average Bonchev–Trinajstić information content (AvgIpc) is 2.81. The van der Waals surface area contributed by atoms with Crippen molar-refractivity contribution < 1.29 is 18.8 Å². The summed E-state index contributed by atoms with van der Waals surface area (Å²) in [4.78, 5) is 37.2. The molecule has 3 rings (SSSR count). The highest BCUT2D eigenvalue weighted by Gasteiger charge is 2.52. The van der Waals surface area contributed by atoms with Crippen LogP contribution in [-0.4, -0.2) is 34.1 Å². The number of hydrogen-bond donors (Lipinski definition) is 2. The molecule has 1 heterocycles. The molecule has 134 valence electrons. The van der Waals surface area contributed by atoms with Crippen LogP contribution in [-0.2, 0) is 9.59 Å². The molecular formula is C17H20FN3O3S. The summed E-state index contributed by atoms with van der Waals surface area (Å²) in [6.45, 7) is 2.12. The van der Waals surface area contributed by atoms with E-state index in [-0.39, 0.29) is 5.75 Å². The minimum absolute atomic E-state index is 0.0952. The van der Waals surface area contributed by atoms with Crippen molar-refractivity contribution in [2.45, 2.75) is 43.0 Å². The monoisotopic (exact) mass is 365 g/mol. The Morgan fingerprint density at radius 2 is 2.04 bits per heavy atom. The van der Waals surface area contributed by atoms with Crippen LogP contribution in [0.4, 0.5) is 9.18 Å². The number of amides is 4. The van der Waals surface area contributed by atoms with E-state index in [9.17, 15) is 18.8 Å². The maximum Gasteiger partial charge on any atom is 0.344 e. The number of urea groups is 1. The van der Waals surface area contributed by atoms with Gasteiger partial charge in [-0.3, -0.25) is 15.0 Å². The first-order valence-electron chi connectivity index (χ1n) is 8.25. The van der Waals surface area contributed by atoms with Crippen LogP contribution in [0.15, 0.2) is 29.2 Å². The van der Waals surface area contributed by atoms with Gasteiger partial charge in [0, 0.05) is 4.90 Å². The zero-order chi connectivity index (χ0) is 18.0. The summed E-state index contributed by atoms with van der Waals surface area (Å²) >= 11 is 1.01. The predicted molar refractivity (Wildman–Crippen MR) is 91.0 cm³/mol. The molecule has 2 fully saturated rings. The summed E-state index contributed by atoms with van der Waals surface area (Å²) in [6.07, 6.45) is 2.87. The lowest BCUT2D eigenvalue weighted by Crippen LogP contribution is -2.51. The van der Waals surface area contributed by atoms with Gasteiger partial charge in [-0.05, 0) is 43.7 Å². The molecule has 1 spiro atoms. The lowest BCUT2D eigenvalue weighted by atomic mass is 9.77. The lowest BCUT2D eigenvalue weighted by molar-refractivity contribution is -0.139. The van der Waals surface area contributed by atoms with Crippen LogP contribution in [0.5, 0.6) is 0 Å². The summed E-state index contributed by atoms with van der Waals surface area (Å²) in [5.74, 6) is -0.921. The van der Waals surface area contributed by atoms with E-state index in [2.05, 4.69) is 17.7 Å². The minimum Gasteiger partial charge on any atom is -0.322 e. The number of imide groups is 1. The van der Waals surface area contributed by atoms with Crippen LogP contribution in [0, 0.1) is 11.7 Å². The van der Waals surface area contributed by atoms with Crippen molar-refractivity contribution in [3.05, 3.63) is 30.1 Å². The van der Waals surface area contributed by atoms with Crippen LogP contribution < -0.4 is 10.7 Å². The van der Waals surface area contributed by atoms with E-state index in [0.717, 1.165) is 29.6 Å². The maximum absolute atomic E-state index is 13.6. The van der Waals surface area contributed by atoms with Gasteiger partial charge in [0.25, 0.3) is 5.91 Å². The van der Waals surface area contributed by atoms with Crippen LogP contribution in [0.3, 0.4) is 0 Å². The lowest BCUT2D eigenvalue weighted by Gasteiger charge is -2.33. The average molecular weight is 365 g/mol. The van der Waals surface area contributed by atoms with Crippen molar-refractivity contribution >= 4 is 29.6 Å². The normalized spacial score (nSPS) is 26.0. The fourth-order valence-corrected chi connectivity index (χ4v) is 3.91. The Kier molecular flexibility index (Phi) is 4.99. The van der Waals surface area contributed by atoms with Gasteiger partial charge < -0.3 is 5.32 Å². The third-order valence-corrected chi connectivity index (χ3v) is 5.77. The number of hydrazine groups is 1. The maximum atomic E-state index is 13.6. The van der Waals surface area contributed by atoms with E-state index in [1.807, 2.05) is 0 Å². The third-order valence-electron chi connectivity index (χ3n) is 4.72. The van der Waals surface area contributed by atoms with Gasteiger partial charge in [-0.25, -0.2) is 9.18 Å². The van der Waals surface area contributed by atoms with Gasteiger partial charge in [0.1, 0.15) is 11.4 Å². The van der Waals surface area contributed by atoms with E-state index >= 15 is 0 Å². The van der Waals surface area contributed by atoms with Gasteiger partial charge in [-0.2, -0.15) is 5.01 Å². The molecule has 1 saturated heterocycles. The number of rotatable bonds is 4. The summed E-state index contributed by atoms with van der Waals surface area (Å²) in [5.41, 5.74) is 1.45. The second kappa shape index (κ2) is 7.03. The van der Waals surface area contributed by atoms with Gasteiger partial charge in [0.2, 0.25) is 5.91 Å². The summed E-state index contributed by atoms with van der Waals surface area (Å²) < 4.78 is 13.6. The Morgan fingerprint density at radius 1 is 1.36 bits per heavy atom. The number of thioether (sulfide) groups is 1.